The molecule has 1 fully saturated rings. The van der Waals surface area contributed by atoms with E-state index in [1.54, 1.807) is 0 Å². The normalized spacial score (nSPS) is 26.6. The van der Waals surface area contributed by atoms with Crippen LogP contribution >= 0.6 is 0 Å². The van der Waals surface area contributed by atoms with Crippen molar-refractivity contribution in [3.8, 4) is 0 Å². The minimum Gasteiger partial charge on any atom is -0.377 e. The highest BCUT2D eigenvalue weighted by atomic mass is 16.5. The first-order valence-corrected chi connectivity index (χ1v) is 7.22. The quantitative estimate of drug-likeness (QED) is 0.885. The van der Waals surface area contributed by atoms with Crippen molar-refractivity contribution >= 4 is 0 Å². The van der Waals surface area contributed by atoms with E-state index in [2.05, 4.69) is 50.1 Å². The van der Waals surface area contributed by atoms with Crippen LogP contribution in [0.15, 0.2) is 30.3 Å². The second kappa shape index (κ2) is 6.51. The Morgan fingerprint density at radius 1 is 1.37 bits per heavy atom. The maximum absolute atomic E-state index is 6.36. The summed E-state index contributed by atoms with van der Waals surface area (Å²) in [5.41, 5.74) is 7.58. The Bertz CT molecular complexity index is 382. The van der Waals surface area contributed by atoms with Gasteiger partial charge >= 0.3 is 0 Å². The summed E-state index contributed by atoms with van der Waals surface area (Å²) in [5.74, 6) is 0.431. The molecule has 1 aliphatic heterocycles. The molecule has 0 aromatic heterocycles. The number of rotatable bonds is 5. The van der Waals surface area contributed by atoms with Crippen LogP contribution in [0.4, 0.5) is 0 Å². The van der Waals surface area contributed by atoms with Gasteiger partial charge in [-0.15, -0.1) is 0 Å². The van der Waals surface area contributed by atoms with E-state index >= 15 is 0 Å². The molecular formula is C16H26N2O. The van der Waals surface area contributed by atoms with Crippen LogP contribution in [0.5, 0.6) is 0 Å². The molecular weight excluding hydrogens is 236 g/mol. The van der Waals surface area contributed by atoms with Crippen LogP contribution < -0.4 is 5.73 Å². The summed E-state index contributed by atoms with van der Waals surface area (Å²) in [6, 6.07) is 11.0. The molecule has 1 heterocycles. The maximum Gasteiger partial charge on any atom is 0.0702 e. The van der Waals surface area contributed by atoms with Crippen molar-refractivity contribution in [2.24, 2.45) is 11.7 Å². The van der Waals surface area contributed by atoms with Gasteiger partial charge in [0.1, 0.15) is 0 Å². The van der Waals surface area contributed by atoms with Gasteiger partial charge in [-0.25, -0.2) is 0 Å². The van der Waals surface area contributed by atoms with Gasteiger partial charge in [0.05, 0.1) is 6.10 Å². The van der Waals surface area contributed by atoms with Gasteiger partial charge in [0.25, 0.3) is 0 Å². The van der Waals surface area contributed by atoms with E-state index in [4.69, 9.17) is 10.5 Å². The van der Waals surface area contributed by atoms with Gasteiger partial charge in [-0.2, -0.15) is 0 Å². The fourth-order valence-electron chi connectivity index (χ4n) is 3.01. The van der Waals surface area contributed by atoms with E-state index < -0.39 is 0 Å². The molecule has 106 valence electrons. The van der Waals surface area contributed by atoms with Crippen molar-refractivity contribution in [1.82, 2.24) is 4.90 Å². The predicted octanol–water partition coefficient (Wildman–Crippen LogP) is 2.43. The molecule has 19 heavy (non-hydrogen) atoms. The van der Waals surface area contributed by atoms with Crippen molar-refractivity contribution in [2.75, 3.05) is 20.2 Å². The van der Waals surface area contributed by atoms with Crippen LogP contribution in [-0.4, -0.2) is 37.2 Å². The average Bonchev–Trinajstić information content (AvgIpc) is 2.85. The second-order valence-electron chi connectivity index (χ2n) is 5.79. The van der Waals surface area contributed by atoms with Crippen LogP contribution in [0.3, 0.4) is 0 Å². The van der Waals surface area contributed by atoms with Gasteiger partial charge in [0.2, 0.25) is 0 Å². The lowest BCUT2D eigenvalue weighted by Crippen LogP contribution is -2.41. The zero-order valence-electron chi connectivity index (χ0n) is 12.3. The van der Waals surface area contributed by atoms with Gasteiger partial charge in [-0.3, -0.25) is 0 Å². The summed E-state index contributed by atoms with van der Waals surface area (Å²) in [4.78, 5) is 2.41. The lowest BCUT2D eigenvalue weighted by molar-refractivity contribution is 0.0775. The summed E-state index contributed by atoms with van der Waals surface area (Å²) < 4.78 is 5.64. The van der Waals surface area contributed by atoms with E-state index in [1.165, 1.54) is 5.56 Å². The number of nitrogens with two attached hydrogens (primary N) is 1. The van der Waals surface area contributed by atoms with Crippen LogP contribution in [0.2, 0.25) is 0 Å². The van der Waals surface area contributed by atoms with Crippen LogP contribution in [0.1, 0.15) is 31.9 Å². The molecule has 0 saturated carbocycles. The predicted molar refractivity (Wildman–Crippen MR) is 79.0 cm³/mol. The zero-order chi connectivity index (χ0) is 13.8. The minimum absolute atomic E-state index is 0.0984. The van der Waals surface area contributed by atoms with E-state index in [1.807, 2.05) is 6.07 Å². The molecule has 1 aromatic rings. The number of hydrogen-bond donors (Lipinski definition) is 1. The monoisotopic (exact) mass is 262 g/mol. The van der Waals surface area contributed by atoms with Gasteiger partial charge in [0.15, 0.2) is 0 Å². The lowest BCUT2D eigenvalue weighted by atomic mass is 9.94. The molecule has 1 aromatic carbocycles. The van der Waals surface area contributed by atoms with Gasteiger partial charge in [-0.1, -0.05) is 37.3 Å². The Labute approximate surface area is 116 Å². The Morgan fingerprint density at radius 3 is 2.63 bits per heavy atom. The number of hydrogen-bond acceptors (Lipinski definition) is 3. The molecule has 0 aliphatic carbocycles. The number of benzene rings is 1. The largest absolute Gasteiger partial charge is 0.377 e. The van der Waals surface area contributed by atoms with E-state index in [0.717, 1.165) is 19.6 Å². The molecule has 3 heteroatoms. The smallest absolute Gasteiger partial charge is 0.0702 e. The first-order valence-electron chi connectivity index (χ1n) is 7.22. The molecule has 1 aliphatic rings. The topological polar surface area (TPSA) is 38.5 Å². The van der Waals surface area contributed by atoms with Crippen molar-refractivity contribution < 1.29 is 4.74 Å². The first-order chi connectivity index (χ1) is 9.09. The third-order valence-corrected chi connectivity index (χ3v) is 4.28. The molecule has 0 amide bonds. The molecule has 0 radical (unpaired) electrons. The number of nitrogens with zero attached hydrogens (tertiary/aromatic N) is 1. The molecule has 0 bridgehead atoms. The fraction of sp³-hybridized carbons (Fsp3) is 0.625. The Hall–Kier alpha value is -0.900. The Balaban J connectivity index is 1.91. The van der Waals surface area contributed by atoms with E-state index in [-0.39, 0.29) is 6.04 Å². The molecule has 1 saturated heterocycles. The van der Waals surface area contributed by atoms with Crippen LogP contribution in [-0.2, 0) is 4.74 Å². The molecule has 4 unspecified atom stereocenters. The number of ether oxygens (including phenoxy) is 1. The molecule has 0 spiro atoms. The number of likely N-dealkylation sites (N-methyl/N-ethyl adjacent to an activating group) is 1. The average molecular weight is 262 g/mol. The van der Waals surface area contributed by atoms with E-state index in [9.17, 15) is 0 Å². The Kier molecular flexibility index (Phi) is 4.97. The highest BCUT2D eigenvalue weighted by Crippen LogP contribution is 2.23. The molecule has 3 nitrogen and oxygen atoms in total. The van der Waals surface area contributed by atoms with Gasteiger partial charge in [0, 0.05) is 25.2 Å². The summed E-state index contributed by atoms with van der Waals surface area (Å²) in [7, 11) is 2.18. The third kappa shape index (κ3) is 3.56. The molecule has 2 rings (SSSR count). The van der Waals surface area contributed by atoms with Crippen molar-refractivity contribution in [3.63, 3.8) is 0 Å². The van der Waals surface area contributed by atoms with Crippen molar-refractivity contribution in [2.45, 2.75) is 38.5 Å². The van der Waals surface area contributed by atoms with E-state index in [0.29, 0.717) is 18.1 Å². The van der Waals surface area contributed by atoms with Crippen LogP contribution in [0.25, 0.3) is 0 Å². The van der Waals surface area contributed by atoms with Crippen molar-refractivity contribution in [3.05, 3.63) is 35.9 Å². The Morgan fingerprint density at radius 2 is 2.05 bits per heavy atom. The standard InChI is InChI=1S/C16H26N2O/c1-12(16(17)14-7-5-4-6-8-14)11-18(3)15-9-10-19-13(15)2/h4-8,12-13,15-16H,9-11,17H2,1-3H3. The highest BCUT2D eigenvalue weighted by Gasteiger charge is 2.29. The van der Waals surface area contributed by atoms with Crippen LogP contribution in [0, 0.1) is 5.92 Å². The first kappa shape index (κ1) is 14.5. The summed E-state index contributed by atoms with van der Waals surface area (Å²) in [5, 5.41) is 0. The lowest BCUT2D eigenvalue weighted by Gasteiger charge is -2.31. The molecule has 2 N–H and O–H groups in total. The summed E-state index contributed by atoms with van der Waals surface area (Å²) in [6.45, 7) is 6.29. The fourth-order valence-corrected chi connectivity index (χ4v) is 3.01. The minimum atomic E-state index is 0.0984. The SMILES string of the molecule is CC(CN(C)C1CCOC1C)C(N)c1ccccc1. The third-order valence-electron chi connectivity index (χ3n) is 4.28. The summed E-state index contributed by atoms with van der Waals surface area (Å²) >= 11 is 0. The van der Waals surface area contributed by atoms with Gasteiger partial charge in [-0.05, 0) is 31.9 Å². The van der Waals surface area contributed by atoms with Gasteiger partial charge < -0.3 is 15.4 Å². The second-order valence-corrected chi connectivity index (χ2v) is 5.79. The summed E-state index contributed by atoms with van der Waals surface area (Å²) in [6.07, 6.45) is 1.47. The highest BCUT2D eigenvalue weighted by molar-refractivity contribution is 5.19. The van der Waals surface area contributed by atoms with Crippen molar-refractivity contribution in [1.29, 1.82) is 0 Å². The maximum atomic E-state index is 6.36. The molecule has 4 atom stereocenters. The zero-order valence-corrected chi connectivity index (χ0v) is 12.3.